The van der Waals surface area contributed by atoms with Crippen LogP contribution in [-0.2, 0) is 4.79 Å². The van der Waals surface area contributed by atoms with Gasteiger partial charge in [-0.15, -0.1) is 0 Å². The molecule has 1 aliphatic rings. The van der Waals surface area contributed by atoms with Gasteiger partial charge in [0.25, 0.3) is 5.91 Å². The predicted molar refractivity (Wildman–Crippen MR) is 94.5 cm³/mol. The molecule has 1 fully saturated rings. The maximum absolute atomic E-state index is 12.2. The number of nitrogens with zero attached hydrogens (tertiary/aromatic N) is 1. The minimum atomic E-state index is -0.104. The molecule has 130 valence electrons. The smallest absolute Gasteiger partial charge is 0.251 e. The predicted octanol–water partition coefficient (Wildman–Crippen LogP) is 2.21. The zero-order valence-electron chi connectivity index (χ0n) is 14.2. The summed E-state index contributed by atoms with van der Waals surface area (Å²) in [6, 6.07) is 7.53. The van der Waals surface area contributed by atoms with Gasteiger partial charge in [-0.1, -0.05) is 25.5 Å². The van der Waals surface area contributed by atoms with Gasteiger partial charge in [-0.05, 0) is 43.0 Å². The van der Waals surface area contributed by atoms with Gasteiger partial charge in [0, 0.05) is 30.8 Å². The van der Waals surface area contributed by atoms with E-state index in [4.69, 9.17) is 5.11 Å². The highest BCUT2D eigenvalue weighted by Crippen LogP contribution is 2.19. The van der Waals surface area contributed by atoms with Gasteiger partial charge in [-0.3, -0.25) is 9.59 Å². The number of amides is 2. The van der Waals surface area contributed by atoms with E-state index in [2.05, 4.69) is 12.2 Å². The van der Waals surface area contributed by atoms with Crippen LogP contribution in [0.4, 0.5) is 0 Å². The monoisotopic (exact) mass is 330 g/mol. The van der Waals surface area contributed by atoms with Gasteiger partial charge in [0.05, 0.1) is 6.61 Å². The van der Waals surface area contributed by atoms with Crippen molar-refractivity contribution in [1.29, 1.82) is 0 Å². The summed E-state index contributed by atoms with van der Waals surface area (Å²) in [5.41, 5.74) is 1.50. The lowest BCUT2D eigenvalue weighted by Crippen LogP contribution is -2.33. The molecule has 0 radical (unpaired) electrons. The second-order valence-electron chi connectivity index (χ2n) is 6.11. The van der Waals surface area contributed by atoms with Crippen molar-refractivity contribution in [3.63, 3.8) is 0 Å². The van der Waals surface area contributed by atoms with Gasteiger partial charge >= 0.3 is 0 Å². The zero-order chi connectivity index (χ0) is 17.4. The Labute approximate surface area is 143 Å². The summed E-state index contributed by atoms with van der Waals surface area (Å²) in [4.78, 5) is 25.8. The molecule has 2 rings (SSSR count). The number of aliphatic hydroxyl groups excluding tert-OH is 1. The quantitative estimate of drug-likeness (QED) is 0.682. The number of aliphatic hydroxyl groups is 1. The van der Waals surface area contributed by atoms with Crippen LogP contribution in [0.1, 0.15) is 48.5 Å². The molecule has 1 aromatic carbocycles. The van der Waals surface area contributed by atoms with Crippen LogP contribution in [-0.4, -0.2) is 47.6 Å². The van der Waals surface area contributed by atoms with Crippen molar-refractivity contribution in [2.45, 2.75) is 38.6 Å². The molecule has 0 aromatic heterocycles. The van der Waals surface area contributed by atoms with Crippen LogP contribution in [0.25, 0.3) is 6.08 Å². The van der Waals surface area contributed by atoms with Crippen molar-refractivity contribution in [3.05, 3.63) is 41.5 Å². The minimum Gasteiger partial charge on any atom is -0.395 e. The molecule has 5 heteroatoms. The molecular weight excluding hydrogens is 304 g/mol. The van der Waals surface area contributed by atoms with E-state index in [9.17, 15) is 9.59 Å². The van der Waals surface area contributed by atoms with Crippen molar-refractivity contribution in [1.82, 2.24) is 10.2 Å². The van der Waals surface area contributed by atoms with Gasteiger partial charge in [0.2, 0.25) is 5.91 Å². The SMILES string of the molecule is CCCCN(CCO)C(=O)/C=C/c1ccc(C(=O)NC2CC2)cc1. The summed E-state index contributed by atoms with van der Waals surface area (Å²) in [5.74, 6) is -0.147. The van der Waals surface area contributed by atoms with Gasteiger partial charge < -0.3 is 15.3 Å². The summed E-state index contributed by atoms with van der Waals surface area (Å²) in [6.07, 6.45) is 7.31. The summed E-state index contributed by atoms with van der Waals surface area (Å²) in [6.45, 7) is 3.04. The van der Waals surface area contributed by atoms with Crippen molar-refractivity contribution in [2.75, 3.05) is 19.7 Å². The van der Waals surface area contributed by atoms with Crippen molar-refractivity contribution in [3.8, 4) is 0 Å². The maximum atomic E-state index is 12.2. The van der Waals surface area contributed by atoms with Crippen molar-refractivity contribution in [2.24, 2.45) is 0 Å². The third-order valence-electron chi connectivity index (χ3n) is 3.97. The Morgan fingerprint density at radius 3 is 2.54 bits per heavy atom. The summed E-state index contributed by atoms with van der Waals surface area (Å²) < 4.78 is 0. The summed E-state index contributed by atoms with van der Waals surface area (Å²) in [7, 11) is 0. The fourth-order valence-electron chi connectivity index (χ4n) is 2.32. The Morgan fingerprint density at radius 2 is 1.96 bits per heavy atom. The van der Waals surface area contributed by atoms with Crippen molar-refractivity contribution >= 4 is 17.9 Å². The second-order valence-corrected chi connectivity index (χ2v) is 6.11. The largest absolute Gasteiger partial charge is 0.395 e. The molecule has 0 unspecified atom stereocenters. The topological polar surface area (TPSA) is 69.6 Å². The van der Waals surface area contributed by atoms with Crippen LogP contribution in [0.15, 0.2) is 30.3 Å². The van der Waals surface area contributed by atoms with E-state index in [1.165, 1.54) is 6.08 Å². The highest BCUT2D eigenvalue weighted by atomic mass is 16.3. The van der Waals surface area contributed by atoms with E-state index in [1.54, 1.807) is 23.1 Å². The molecule has 1 aliphatic carbocycles. The van der Waals surface area contributed by atoms with E-state index in [-0.39, 0.29) is 18.4 Å². The molecule has 0 aliphatic heterocycles. The van der Waals surface area contributed by atoms with Crippen LogP contribution < -0.4 is 5.32 Å². The molecule has 2 amide bonds. The number of benzene rings is 1. The van der Waals surface area contributed by atoms with Crippen LogP contribution in [0.5, 0.6) is 0 Å². The lowest BCUT2D eigenvalue weighted by atomic mass is 10.1. The first kappa shape index (κ1) is 18.2. The first-order valence-electron chi connectivity index (χ1n) is 8.62. The lowest BCUT2D eigenvalue weighted by Gasteiger charge is -2.19. The fraction of sp³-hybridized carbons (Fsp3) is 0.474. The number of rotatable bonds is 9. The van der Waals surface area contributed by atoms with Crippen molar-refractivity contribution < 1.29 is 14.7 Å². The fourth-order valence-corrected chi connectivity index (χ4v) is 2.32. The van der Waals surface area contributed by atoms with Crippen LogP contribution in [0.2, 0.25) is 0 Å². The molecule has 0 spiro atoms. The Balaban J connectivity index is 1.91. The Bertz CT molecular complexity index is 577. The van der Waals surface area contributed by atoms with Gasteiger partial charge in [0.15, 0.2) is 0 Å². The number of unbranched alkanes of at least 4 members (excludes halogenated alkanes) is 1. The number of hydrogen-bond donors (Lipinski definition) is 2. The maximum Gasteiger partial charge on any atom is 0.251 e. The molecule has 5 nitrogen and oxygen atoms in total. The molecule has 0 saturated heterocycles. The minimum absolute atomic E-state index is 0.0336. The summed E-state index contributed by atoms with van der Waals surface area (Å²) >= 11 is 0. The highest BCUT2D eigenvalue weighted by Gasteiger charge is 2.23. The van der Waals surface area contributed by atoms with E-state index >= 15 is 0 Å². The number of carbonyl (C=O) groups is 2. The Kier molecular flexibility index (Phi) is 7.00. The molecular formula is C19H26N2O3. The molecule has 1 saturated carbocycles. The van der Waals surface area contributed by atoms with Gasteiger partial charge in [-0.2, -0.15) is 0 Å². The first-order chi connectivity index (χ1) is 11.6. The Morgan fingerprint density at radius 1 is 1.25 bits per heavy atom. The third-order valence-corrected chi connectivity index (χ3v) is 3.97. The highest BCUT2D eigenvalue weighted by molar-refractivity contribution is 5.95. The van der Waals surface area contributed by atoms with E-state index in [0.717, 1.165) is 31.2 Å². The average molecular weight is 330 g/mol. The summed E-state index contributed by atoms with van der Waals surface area (Å²) in [5, 5.41) is 12.0. The number of nitrogens with one attached hydrogen (secondary N) is 1. The number of hydrogen-bond acceptors (Lipinski definition) is 3. The van der Waals surface area contributed by atoms with E-state index in [0.29, 0.717) is 24.7 Å². The second kappa shape index (κ2) is 9.23. The lowest BCUT2D eigenvalue weighted by molar-refractivity contribution is -0.126. The Hall–Kier alpha value is -2.14. The normalized spacial score (nSPS) is 13.9. The van der Waals surface area contributed by atoms with Gasteiger partial charge in [-0.25, -0.2) is 0 Å². The third kappa shape index (κ3) is 5.81. The van der Waals surface area contributed by atoms with Crippen LogP contribution in [0.3, 0.4) is 0 Å². The molecule has 2 N–H and O–H groups in total. The standard InChI is InChI=1S/C19H26N2O3/c1-2-3-12-21(13-14-22)18(23)11-6-15-4-7-16(8-5-15)19(24)20-17-9-10-17/h4-8,11,17,22H,2-3,9-10,12-14H2,1H3,(H,20,24)/b11-6+. The average Bonchev–Trinajstić information content (AvgIpc) is 3.40. The molecule has 0 heterocycles. The van der Waals surface area contributed by atoms with Crippen LogP contribution in [0, 0.1) is 0 Å². The molecule has 0 bridgehead atoms. The number of carbonyl (C=O) groups excluding carboxylic acids is 2. The first-order valence-corrected chi connectivity index (χ1v) is 8.62. The molecule has 1 aromatic rings. The molecule has 24 heavy (non-hydrogen) atoms. The molecule has 0 atom stereocenters. The van der Waals surface area contributed by atoms with E-state index < -0.39 is 0 Å². The van der Waals surface area contributed by atoms with E-state index in [1.807, 2.05) is 12.1 Å². The van der Waals surface area contributed by atoms with Crippen LogP contribution >= 0.6 is 0 Å². The van der Waals surface area contributed by atoms with Gasteiger partial charge in [0.1, 0.15) is 0 Å². The zero-order valence-corrected chi connectivity index (χ0v) is 14.2.